The van der Waals surface area contributed by atoms with Gasteiger partial charge in [0.05, 0.1) is 25.0 Å². The normalized spacial score (nSPS) is 17.8. The van der Waals surface area contributed by atoms with Crippen molar-refractivity contribution >= 4 is 63.9 Å². The van der Waals surface area contributed by atoms with Crippen molar-refractivity contribution in [3.63, 3.8) is 0 Å². The molecule has 0 bridgehead atoms. The summed E-state index contributed by atoms with van der Waals surface area (Å²) in [6, 6.07) is 0. The highest BCUT2D eigenvalue weighted by molar-refractivity contribution is 7.52. The second-order valence-electron chi connectivity index (χ2n) is 16.4. The largest absolute Gasteiger partial charge is 0.455 e. The van der Waals surface area contributed by atoms with Gasteiger partial charge in [0.15, 0.2) is 49.9 Å². The van der Waals surface area contributed by atoms with Crippen LogP contribution in [0.2, 0.25) is 118 Å². The van der Waals surface area contributed by atoms with Gasteiger partial charge in [0.1, 0.15) is 19.3 Å². The van der Waals surface area contributed by atoms with Gasteiger partial charge in [-0.2, -0.15) is 0 Å². The molecule has 0 spiro atoms. The minimum atomic E-state index is -3.91. The van der Waals surface area contributed by atoms with Crippen LogP contribution in [-0.4, -0.2) is 94.3 Å². The molecule has 0 saturated carbocycles. The van der Waals surface area contributed by atoms with Crippen LogP contribution >= 0.6 is 7.82 Å². The lowest BCUT2D eigenvalue weighted by Crippen LogP contribution is -2.59. The first-order valence-corrected chi connectivity index (χ1v) is 36.7. The lowest BCUT2D eigenvalue weighted by molar-refractivity contribution is -0.0742. The van der Waals surface area contributed by atoms with Crippen LogP contribution < -0.4 is 0 Å². The molecule has 0 N–H and O–H groups in total. The van der Waals surface area contributed by atoms with Crippen molar-refractivity contribution in [2.45, 2.75) is 142 Å². The molecular formula is C25H64NO9PSi6. The second-order valence-corrected chi connectivity index (χ2v) is 45.3. The highest BCUT2D eigenvalue weighted by Gasteiger charge is 2.46. The van der Waals surface area contributed by atoms with Crippen molar-refractivity contribution in [1.29, 1.82) is 0 Å². The summed E-state index contributed by atoms with van der Waals surface area (Å²) < 4.78 is 59.8. The first kappa shape index (κ1) is 42.7. The van der Waals surface area contributed by atoms with Gasteiger partial charge in [-0.15, -0.1) is 0 Å². The summed E-state index contributed by atoms with van der Waals surface area (Å²) in [6.07, 6.45) is -0.761. The molecule has 17 heteroatoms. The zero-order valence-corrected chi connectivity index (χ0v) is 37.1. The van der Waals surface area contributed by atoms with Crippen molar-refractivity contribution in [3.8, 4) is 0 Å². The summed E-state index contributed by atoms with van der Waals surface area (Å²) in [5, 5.41) is 4.11. The minimum absolute atomic E-state index is 0.0572. The topological polar surface area (TPSA) is 103 Å². The molecule has 4 unspecified atom stereocenters. The first-order chi connectivity index (χ1) is 18.3. The predicted octanol–water partition coefficient (Wildman–Crippen LogP) is 8.33. The lowest BCUT2D eigenvalue weighted by atomic mass is 10.0. The van der Waals surface area contributed by atoms with E-state index in [9.17, 15) is 4.57 Å². The molecular weight excluding hydrogens is 658 g/mol. The van der Waals surface area contributed by atoms with Crippen LogP contribution in [0.5, 0.6) is 0 Å². The average molecular weight is 722 g/mol. The molecule has 0 radical (unpaired) electrons. The number of oxime groups is 1. The smallest absolute Gasteiger partial charge is 0.410 e. The van der Waals surface area contributed by atoms with E-state index in [-0.39, 0.29) is 6.61 Å². The third-order valence-corrected chi connectivity index (χ3v) is 15.1. The number of phosphoric acid groups is 1. The Bertz CT molecular complexity index is 868. The van der Waals surface area contributed by atoms with E-state index in [0.29, 0.717) is 0 Å². The van der Waals surface area contributed by atoms with Crippen molar-refractivity contribution in [2.24, 2.45) is 5.16 Å². The lowest BCUT2D eigenvalue weighted by Gasteiger charge is -2.44. The zero-order chi connectivity index (χ0) is 33.6. The molecule has 0 saturated heterocycles. The molecule has 42 heavy (non-hydrogen) atoms. The van der Waals surface area contributed by atoms with Crippen LogP contribution in [0.15, 0.2) is 5.16 Å². The molecule has 0 aromatic carbocycles. The van der Waals surface area contributed by atoms with Crippen molar-refractivity contribution in [2.75, 3.05) is 13.7 Å². The Balaban J connectivity index is 7.13. The van der Waals surface area contributed by atoms with Crippen molar-refractivity contribution in [3.05, 3.63) is 0 Å². The first-order valence-electron chi connectivity index (χ1n) is 14.8. The van der Waals surface area contributed by atoms with E-state index in [1.54, 1.807) is 6.21 Å². The van der Waals surface area contributed by atoms with E-state index < -0.39 is 82.1 Å². The highest BCUT2D eigenvalue weighted by Crippen LogP contribution is 2.54. The van der Waals surface area contributed by atoms with Gasteiger partial charge in [-0.3, -0.25) is 4.52 Å². The van der Waals surface area contributed by atoms with E-state index >= 15 is 0 Å². The van der Waals surface area contributed by atoms with Crippen LogP contribution in [0.1, 0.15) is 0 Å². The fourth-order valence-electron chi connectivity index (χ4n) is 3.76. The molecule has 4 atom stereocenters. The molecule has 0 aliphatic heterocycles. The Morgan fingerprint density at radius 3 is 1.29 bits per heavy atom. The third-order valence-electron chi connectivity index (χ3n) is 4.47. The van der Waals surface area contributed by atoms with E-state index in [1.807, 2.05) is 39.3 Å². The maximum atomic E-state index is 14.1. The molecule has 0 rings (SSSR count). The van der Waals surface area contributed by atoms with Crippen LogP contribution in [0.4, 0.5) is 0 Å². The Hall–Kier alpha value is 0.721. The van der Waals surface area contributed by atoms with Gasteiger partial charge in [-0.05, 0) is 118 Å². The summed E-state index contributed by atoms with van der Waals surface area (Å²) in [6.45, 7) is 37.2. The maximum Gasteiger partial charge on any atom is 0.455 e. The number of hydrogen-bond donors (Lipinski definition) is 0. The van der Waals surface area contributed by atoms with Gasteiger partial charge in [0, 0.05) is 0 Å². The number of nitrogens with zero attached hydrogens (tertiary/aromatic N) is 1. The molecule has 0 aliphatic rings. The molecule has 0 amide bonds. The summed E-state index contributed by atoms with van der Waals surface area (Å²) in [7, 11) is -15.7. The number of hydrogen-bond acceptors (Lipinski definition) is 10. The Morgan fingerprint density at radius 1 is 0.571 bits per heavy atom. The van der Waals surface area contributed by atoms with E-state index in [4.69, 9.17) is 35.5 Å². The molecule has 0 fully saturated rings. The molecule has 0 heterocycles. The van der Waals surface area contributed by atoms with Crippen LogP contribution in [0.25, 0.3) is 0 Å². The van der Waals surface area contributed by atoms with Gasteiger partial charge >= 0.3 is 7.82 Å². The maximum absolute atomic E-state index is 14.1. The van der Waals surface area contributed by atoms with Gasteiger partial charge in [-0.25, -0.2) is 4.57 Å². The van der Waals surface area contributed by atoms with Gasteiger partial charge in [0.2, 0.25) is 0 Å². The fourth-order valence-corrected chi connectivity index (χ4v) is 14.7. The third kappa shape index (κ3) is 21.5. The molecule has 252 valence electrons. The predicted molar refractivity (Wildman–Crippen MR) is 191 cm³/mol. The monoisotopic (exact) mass is 721 g/mol. The molecule has 10 nitrogen and oxygen atoms in total. The fraction of sp³-hybridized carbons (Fsp3) is 0.960. The van der Waals surface area contributed by atoms with E-state index in [1.165, 1.54) is 7.11 Å². The minimum Gasteiger partial charge on any atom is -0.410 e. The van der Waals surface area contributed by atoms with Crippen molar-refractivity contribution in [1.82, 2.24) is 0 Å². The zero-order valence-electron chi connectivity index (χ0n) is 30.2. The van der Waals surface area contributed by atoms with E-state index in [2.05, 4.69) is 83.7 Å². The summed E-state index contributed by atoms with van der Waals surface area (Å²) in [4.78, 5) is 5.09. The van der Waals surface area contributed by atoms with Crippen molar-refractivity contribution < 1.29 is 40.1 Å². The van der Waals surface area contributed by atoms with Crippen LogP contribution in [0, 0.1) is 0 Å². The summed E-state index contributed by atoms with van der Waals surface area (Å²) in [5.41, 5.74) is 0. The molecule has 0 aliphatic carbocycles. The molecule has 0 aromatic heterocycles. The standard InChI is InChI=1S/C25H64NO9PSi6/c1-28-26-20-22(30-37(2,3)4)24(32-39(8,9)10)25(33-40(11,12)13)23(31-38(5,6)7)21-29-36(27,34-41(14,15)16)35-42(17,18)19/h20,22-25H,21H2,1-19H3. The summed E-state index contributed by atoms with van der Waals surface area (Å²) in [5.74, 6) is 0. The number of rotatable bonds is 20. The van der Waals surface area contributed by atoms with Crippen LogP contribution in [-0.2, 0) is 40.1 Å². The average Bonchev–Trinajstić information content (AvgIpc) is 2.65. The second kappa shape index (κ2) is 16.0. The quantitative estimate of drug-likeness (QED) is 0.0531. The Kier molecular flexibility index (Phi) is 16.3. The summed E-state index contributed by atoms with van der Waals surface area (Å²) >= 11 is 0. The van der Waals surface area contributed by atoms with Gasteiger partial charge in [-0.1, -0.05) is 5.16 Å². The van der Waals surface area contributed by atoms with Gasteiger partial charge in [0.25, 0.3) is 0 Å². The van der Waals surface area contributed by atoms with Crippen LogP contribution in [0.3, 0.4) is 0 Å². The van der Waals surface area contributed by atoms with Gasteiger partial charge < -0.3 is 31.0 Å². The Labute approximate surface area is 264 Å². The van der Waals surface area contributed by atoms with E-state index in [0.717, 1.165) is 0 Å². The Morgan fingerprint density at radius 2 is 0.952 bits per heavy atom. The molecule has 0 aromatic rings. The SMILES string of the molecule is CON=CC(O[Si](C)(C)C)C(O[Si](C)(C)C)C(O[Si](C)(C)C)C(COP(=O)(O[Si](C)(C)C)O[Si](C)(C)C)O[Si](C)(C)C. The highest BCUT2D eigenvalue weighted by atomic mass is 31.2.